The van der Waals surface area contributed by atoms with Gasteiger partial charge in [0, 0.05) is 41.6 Å². The van der Waals surface area contributed by atoms with Crippen molar-refractivity contribution in [1.82, 2.24) is 9.62 Å². The number of ether oxygens (including phenoxy) is 1. The number of carbonyl (C=O) groups is 1. The maximum atomic E-state index is 12.7. The summed E-state index contributed by atoms with van der Waals surface area (Å²) in [4.78, 5) is 14.3. The fraction of sp³-hybridized carbons (Fsp3) is 0.588. The second kappa shape index (κ2) is 6.54. The number of nitrogens with one attached hydrogen (secondary N) is 1. The molecule has 0 aromatic heterocycles. The lowest BCUT2D eigenvalue weighted by atomic mass is 10.1. The van der Waals surface area contributed by atoms with Crippen molar-refractivity contribution in [2.75, 3.05) is 26.3 Å². The molecule has 3 fully saturated rings. The zero-order valence-corrected chi connectivity index (χ0v) is 15.3. The number of fused-ring (bicyclic) bond motifs is 1. The molecule has 25 heavy (non-hydrogen) atoms. The number of piperidine rings is 1. The van der Waals surface area contributed by atoms with Gasteiger partial charge in [-0.25, -0.2) is 13.1 Å². The molecule has 2 unspecified atom stereocenters. The van der Waals surface area contributed by atoms with E-state index < -0.39 is 15.3 Å². The SMILES string of the molecule is O=C(c1cccc(Cl)c1)N1CCCC(S(=O)(=O)NC2[C@H]3COC[C@@H]23)C1. The van der Waals surface area contributed by atoms with E-state index in [-0.39, 0.29) is 18.5 Å². The zero-order chi connectivity index (χ0) is 17.6. The van der Waals surface area contributed by atoms with Gasteiger partial charge in [-0.2, -0.15) is 0 Å². The smallest absolute Gasteiger partial charge is 0.253 e. The summed E-state index contributed by atoms with van der Waals surface area (Å²) in [5, 5.41) is -0.0668. The lowest BCUT2D eigenvalue weighted by Gasteiger charge is -2.32. The number of amides is 1. The van der Waals surface area contributed by atoms with Crippen LogP contribution < -0.4 is 4.72 Å². The van der Waals surface area contributed by atoms with Gasteiger partial charge in [0.2, 0.25) is 10.0 Å². The second-order valence-electron chi connectivity index (χ2n) is 7.08. The van der Waals surface area contributed by atoms with Crippen LogP contribution in [0.3, 0.4) is 0 Å². The summed E-state index contributed by atoms with van der Waals surface area (Å²) in [6.07, 6.45) is 1.26. The van der Waals surface area contributed by atoms with E-state index >= 15 is 0 Å². The lowest BCUT2D eigenvalue weighted by Crippen LogP contribution is -2.49. The number of hydrogen-bond donors (Lipinski definition) is 1. The maximum absolute atomic E-state index is 12.7. The molecule has 4 rings (SSSR count). The van der Waals surface area contributed by atoms with Crippen LogP contribution in [-0.2, 0) is 14.8 Å². The van der Waals surface area contributed by atoms with E-state index in [2.05, 4.69) is 4.72 Å². The molecule has 1 amide bonds. The molecule has 0 bridgehead atoms. The minimum absolute atomic E-state index is 0.0118. The number of halogens is 1. The minimum Gasteiger partial charge on any atom is -0.381 e. The van der Waals surface area contributed by atoms with Gasteiger partial charge in [-0.1, -0.05) is 17.7 Å². The van der Waals surface area contributed by atoms with Crippen LogP contribution in [0.5, 0.6) is 0 Å². The van der Waals surface area contributed by atoms with Crippen LogP contribution in [0.15, 0.2) is 24.3 Å². The Morgan fingerprint density at radius 2 is 2.04 bits per heavy atom. The number of sulfonamides is 1. The van der Waals surface area contributed by atoms with Crippen LogP contribution in [0, 0.1) is 11.8 Å². The van der Waals surface area contributed by atoms with Crippen molar-refractivity contribution in [2.24, 2.45) is 11.8 Å². The number of benzene rings is 1. The summed E-state index contributed by atoms with van der Waals surface area (Å²) in [7, 11) is -3.44. The highest BCUT2D eigenvalue weighted by Crippen LogP contribution is 2.44. The first-order chi connectivity index (χ1) is 12.0. The van der Waals surface area contributed by atoms with Gasteiger partial charge in [-0.05, 0) is 31.0 Å². The summed E-state index contributed by atoms with van der Waals surface area (Å²) < 4.78 is 33.6. The van der Waals surface area contributed by atoms with Crippen molar-refractivity contribution in [2.45, 2.75) is 24.1 Å². The first-order valence-electron chi connectivity index (χ1n) is 8.59. The molecule has 1 aromatic rings. The van der Waals surface area contributed by atoms with Gasteiger partial charge < -0.3 is 9.64 Å². The molecule has 1 saturated carbocycles. The third-order valence-corrected chi connectivity index (χ3v) is 7.53. The molecule has 4 atom stereocenters. The summed E-state index contributed by atoms with van der Waals surface area (Å²) in [6, 6.07) is 6.77. The van der Waals surface area contributed by atoms with Crippen molar-refractivity contribution < 1.29 is 17.9 Å². The van der Waals surface area contributed by atoms with E-state index in [9.17, 15) is 13.2 Å². The highest BCUT2D eigenvalue weighted by atomic mass is 35.5. The Kier molecular flexibility index (Phi) is 4.52. The van der Waals surface area contributed by atoms with Gasteiger partial charge in [0.25, 0.3) is 5.91 Å². The predicted octanol–water partition coefficient (Wildman–Crippen LogP) is 1.51. The van der Waals surface area contributed by atoms with Crippen LogP contribution in [-0.4, -0.2) is 56.8 Å². The Balaban J connectivity index is 1.42. The van der Waals surface area contributed by atoms with Gasteiger partial charge >= 0.3 is 0 Å². The molecule has 8 heteroatoms. The standard InChI is InChI=1S/C17H21ClN2O4S/c18-12-4-1-3-11(7-12)17(21)20-6-2-5-13(8-20)25(22,23)19-16-14-9-24-10-15(14)16/h1,3-4,7,13-16,19H,2,5-6,8-10H2/t13?,14-,15+,16?. The average molecular weight is 385 g/mol. The summed E-state index contributed by atoms with van der Waals surface area (Å²) in [5.74, 6) is 0.476. The van der Waals surface area contributed by atoms with Crippen molar-refractivity contribution in [3.05, 3.63) is 34.9 Å². The normalized spacial score (nSPS) is 31.6. The maximum Gasteiger partial charge on any atom is 0.253 e. The largest absolute Gasteiger partial charge is 0.381 e. The molecular weight excluding hydrogens is 364 g/mol. The number of rotatable bonds is 4. The van der Waals surface area contributed by atoms with E-state index in [1.807, 2.05) is 0 Å². The monoisotopic (exact) mass is 384 g/mol. The fourth-order valence-corrected chi connectivity index (χ4v) is 5.85. The minimum atomic E-state index is -3.44. The number of likely N-dealkylation sites (tertiary alicyclic amines) is 1. The highest BCUT2D eigenvalue weighted by molar-refractivity contribution is 7.90. The van der Waals surface area contributed by atoms with E-state index in [0.717, 1.165) is 0 Å². The fourth-order valence-electron chi connectivity index (χ4n) is 3.88. The summed E-state index contributed by atoms with van der Waals surface area (Å²) in [5.41, 5.74) is 0.493. The third-order valence-electron chi connectivity index (χ3n) is 5.43. The Hall–Kier alpha value is -1.15. The molecule has 1 aromatic carbocycles. The van der Waals surface area contributed by atoms with Gasteiger partial charge in [0.1, 0.15) is 0 Å². The van der Waals surface area contributed by atoms with Crippen LogP contribution >= 0.6 is 11.6 Å². The van der Waals surface area contributed by atoms with Crippen molar-refractivity contribution in [1.29, 1.82) is 0 Å². The van der Waals surface area contributed by atoms with E-state index in [0.29, 0.717) is 55.0 Å². The zero-order valence-electron chi connectivity index (χ0n) is 13.7. The molecule has 1 N–H and O–H groups in total. The first-order valence-corrected chi connectivity index (χ1v) is 10.5. The Morgan fingerprint density at radius 1 is 1.28 bits per heavy atom. The van der Waals surface area contributed by atoms with Crippen LogP contribution in [0.1, 0.15) is 23.2 Å². The molecule has 6 nitrogen and oxygen atoms in total. The Bertz CT molecular complexity index is 775. The van der Waals surface area contributed by atoms with Crippen molar-refractivity contribution in [3.8, 4) is 0 Å². The van der Waals surface area contributed by atoms with Crippen LogP contribution in [0.2, 0.25) is 5.02 Å². The molecule has 2 heterocycles. The molecule has 0 spiro atoms. The first kappa shape index (κ1) is 17.3. The molecule has 3 aliphatic rings. The number of hydrogen-bond acceptors (Lipinski definition) is 4. The Morgan fingerprint density at radius 3 is 2.76 bits per heavy atom. The number of carbonyl (C=O) groups excluding carboxylic acids is 1. The van der Waals surface area contributed by atoms with Gasteiger partial charge in [-0.15, -0.1) is 0 Å². The molecule has 2 aliphatic heterocycles. The summed E-state index contributed by atoms with van der Waals surface area (Å²) >= 11 is 5.95. The van der Waals surface area contributed by atoms with Crippen molar-refractivity contribution >= 4 is 27.5 Å². The highest BCUT2D eigenvalue weighted by Gasteiger charge is 2.56. The van der Waals surface area contributed by atoms with Gasteiger partial charge in [-0.3, -0.25) is 4.79 Å². The predicted molar refractivity (Wildman–Crippen MR) is 94.0 cm³/mol. The van der Waals surface area contributed by atoms with E-state index in [1.165, 1.54) is 0 Å². The third kappa shape index (κ3) is 3.43. The van der Waals surface area contributed by atoms with Gasteiger partial charge in [0.15, 0.2) is 0 Å². The number of nitrogens with zero attached hydrogens (tertiary/aromatic N) is 1. The molecular formula is C17H21ClN2O4S. The average Bonchev–Trinajstić information content (AvgIpc) is 3.02. The van der Waals surface area contributed by atoms with Crippen molar-refractivity contribution in [3.63, 3.8) is 0 Å². The lowest BCUT2D eigenvalue weighted by molar-refractivity contribution is 0.0726. The van der Waals surface area contributed by atoms with Crippen LogP contribution in [0.25, 0.3) is 0 Å². The Labute approximate surface area is 152 Å². The van der Waals surface area contributed by atoms with E-state index in [1.54, 1.807) is 29.2 Å². The molecule has 2 saturated heterocycles. The van der Waals surface area contributed by atoms with Gasteiger partial charge in [0.05, 0.1) is 18.5 Å². The topological polar surface area (TPSA) is 75.7 Å². The molecule has 0 radical (unpaired) electrons. The molecule has 136 valence electrons. The summed E-state index contributed by atoms with van der Waals surface area (Å²) in [6.45, 7) is 2.07. The quantitative estimate of drug-likeness (QED) is 0.853. The molecule has 1 aliphatic carbocycles. The van der Waals surface area contributed by atoms with Crippen LogP contribution in [0.4, 0.5) is 0 Å². The van der Waals surface area contributed by atoms with E-state index in [4.69, 9.17) is 16.3 Å². The second-order valence-corrected chi connectivity index (χ2v) is 9.51.